The van der Waals surface area contributed by atoms with Gasteiger partial charge < -0.3 is 15.4 Å². The summed E-state index contributed by atoms with van der Waals surface area (Å²) in [5, 5.41) is 0. The Morgan fingerprint density at radius 1 is 1.29 bits per heavy atom. The van der Waals surface area contributed by atoms with Crippen LogP contribution in [0.25, 0.3) is 0 Å². The van der Waals surface area contributed by atoms with Crippen molar-refractivity contribution in [2.24, 2.45) is 0 Å². The zero-order chi connectivity index (χ0) is 14.8. The fraction of sp³-hybridized carbons (Fsp3) is 0.562. The second-order valence-electron chi connectivity index (χ2n) is 5.90. The molecule has 0 radical (unpaired) electrons. The predicted octanol–water partition coefficient (Wildman–Crippen LogP) is 1.59. The van der Waals surface area contributed by atoms with Crippen molar-refractivity contribution in [3.05, 3.63) is 23.8 Å². The molecule has 2 N–H and O–H groups in total. The second-order valence-corrected chi connectivity index (χ2v) is 5.90. The van der Waals surface area contributed by atoms with Crippen molar-refractivity contribution in [2.75, 3.05) is 39.0 Å². The largest absolute Gasteiger partial charge is 0.496 e. The molecule has 0 bridgehead atoms. The van der Waals surface area contributed by atoms with Crippen molar-refractivity contribution in [2.45, 2.75) is 25.3 Å². The molecule has 1 amide bonds. The number of nitrogens with zero attached hydrogens (tertiary/aromatic N) is 2. The molecule has 0 aromatic heterocycles. The van der Waals surface area contributed by atoms with Gasteiger partial charge in [-0.3, -0.25) is 9.69 Å². The van der Waals surface area contributed by atoms with Gasteiger partial charge in [-0.05, 0) is 44.5 Å². The summed E-state index contributed by atoms with van der Waals surface area (Å²) in [6.07, 6.45) is 3.65. The Morgan fingerprint density at radius 2 is 2.05 bits per heavy atom. The van der Waals surface area contributed by atoms with Gasteiger partial charge in [0.05, 0.1) is 12.7 Å². The van der Waals surface area contributed by atoms with Gasteiger partial charge in [-0.1, -0.05) is 0 Å². The topological polar surface area (TPSA) is 58.8 Å². The molecule has 2 saturated heterocycles. The number of methoxy groups -OCH3 is 1. The lowest BCUT2D eigenvalue weighted by Crippen LogP contribution is -2.37. The molecule has 2 aliphatic rings. The van der Waals surface area contributed by atoms with Gasteiger partial charge in [-0.15, -0.1) is 0 Å². The number of nitrogen functional groups attached to an aromatic ring is 1. The van der Waals surface area contributed by atoms with Crippen LogP contribution in [0.5, 0.6) is 5.75 Å². The number of likely N-dealkylation sites (tertiary alicyclic amines) is 2. The lowest BCUT2D eigenvalue weighted by atomic mass is 10.1. The molecule has 1 unspecified atom stereocenters. The molecule has 21 heavy (non-hydrogen) atoms. The minimum atomic E-state index is 0.0496. The van der Waals surface area contributed by atoms with Gasteiger partial charge >= 0.3 is 0 Å². The van der Waals surface area contributed by atoms with E-state index >= 15 is 0 Å². The summed E-state index contributed by atoms with van der Waals surface area (Å²) in [6.45, 7) is 4.01. The highest BCUT2D eigenvalue weighted by atomic mass is 16.5. The summed E-state index contributed by atoms with van der Waals surface area (Å²) in [4.78, 5) is 17.1. The van der Waals surface area contributed by atoms with Gasteiger partial charge in [0.25, 0.3) is 5.91 Å². The van der Waals surface area contributed by atoms with E-state index in [9.17, 15) is 4.79 Å². The van der Waals surface area contributed by atoms with Crippen LogP contribution in [0.3, 0.4) is 0 Å². The van der Waals surface area contributed by atoms with Crippen LogP contribution >= 0.6 is 0 Å². The molecule has 1 aromatic rings. The summed E-state index contributed by atoms with van der Waals surface area (Å²) in [6, 6.07) is 5.75. The summed E-state index contributed by atoms with van der Waals surface area (Å²) in [5.74, 6) is 0.609. The molecule has 0 spiro atoms. The SMILES string of the molecule is COc1cc(N)ccc1C(=O)N1CCC(N2CCCC2)C1. The first-order valence-corrected chi connectivity index (χ1v) is 7.66. The number of anilines is 1. The first-order chi connectivity index (χ1) is 10.2. The van der Waals surface area contributed by atoms with E-state index < -0.39 is 0 Å². The van der Waals surface area contributed by atoms with E-state index in [1.54, 1.807) is 25.3 Å². The highest BCUT2D eigenvalue weighted by Gasteiger charge is 2.32. The maximum atomic E-state index is 12.7. The maximum Gasteiger partial charge on any atom is 0.257 e. The molecule has 1 aromatic carbocycles. The first-order valence-electron chi connectivity index (χ1n) is 7.66. The van der Waals surface area contributed by atoms with Crippen LogP contribution in [0.4, 0.5) is 5.69 Å². The lowest BCUT2D eigenvalue weighted by Gasteiger charge is -2.24. The van der Waals surface area contributed by atoms with E-state index in [2.05, 4.69) is 4.90 Å². The van der Waals surface area contributed by atoms with Gasteiger partial charge in [-0.2, -0.15) is 0 Å². The van der Waals surface area contributed by atoms with Crippen molar-refractivity contribution in [1.82, 2.24) is 9.80 Å². The number of carbonyl (C=O) groups is 1. The minimum Gasteiger partial charge on any atom is -0.496 e. The predicted molar refractivity (Wildman–Crippen MR) is 82.5 cm³/mol. The molecule has 2 aliphatic heterocycles. The number of amides is 1. The minimum absolute atomic E-state index is 0.0496. The number of hydrogen-bond donors (Lipinski definition) is 1. The van der Waals surface area contributed by atoms with Crippen LogP contribution in [-0.4, -0.2) is 55.0 Å². The Balaban J connectivity index is 1.71. The maximum absolute atomic E-state index is 12.7. The van der Waals surface area contributed by atoms with Crippen molar-refractivity contribution in [3.63, 3.8) is 0 Å². The van der Waals surface area contributed by atoms with Crippen molar-refractivity contribution >= 4 is 11.6 Å². The van der Waals surface area contributed by atoms with Crippen LogP contribution in [0.1, 0.15) is 29.6 Å². The van der Waals surface area contributed by atoms with E-state index in [-0.39, 0.29) is 5.91 Å². The second kappa shape index (κ2) is 5.93. The van der Waals surface area contributed by atoms with E-state index in [0.29, 0.717) is 23.0 Å². The summed E-state index contributed by atoms with van der Waals surface area (Å²) < 4.78 is 5.30. The Kier molecular flexibility index (Phi) is 4.01. The van der Waals surface area contributed by atoms with E-state index in [0.717, 1.165) is 19.5 Å². The fourth-order valence-electron chi connectivity index (χ4n) is 3.39. The quantitative estimate of drug-likeness (QED) is 0.859. The molecule has 2 fully saturated rings. The fourth-order valence-corrected chi connectivity index (χ4v) is 3.39. The first kappa shape index (κ1) is 14.2. The zero-order valence-corrected chi connectivity index (χ0v) is 12.5. The molecule has 5 heteroatoms. The number of rotatable bonds is 3. The number of benzene rings is 1. The average Bonchev–Trinajstić information content (AvgIpc) is 3.17. The Bertz CT molecular complexity index is 526. The van der Waals surface area contributed by atoms with E-state index in [1.807, 2.05) is 4.90 Å². The standard InChI is InChI=1S/C16H23N3O2/c1-21-15-10-12(17)4-5-14(15)16(20)19-9-6-13(11-19)18-7-2-3-8-18/h4-5,10,13H,2-3,6-9,11,17H2,1H3. The normalized spacial score (nSPS) is 22.7. The number of nitrogens with two attached hydrogens (primary N) is 1. The number of ether oxygens (including phenoxy) is 1. The Labute approximate surface area is 125 Å². The molecular weight excluding hydrogens is 266 g/mol. The van der Waals surface area contributed by atoms with Crippen LogP contribution in [0, 0.1) is 0 Å². The molecule has 0 saturated carbocycles. The van der Waals surface area contributed by atoms with E-state index in [4.69, 9.17) is 10.5 Å². The molecular formula is C16H23N3O2. The lowest BCUT2D eigenvalue weighted by molar-refractivity contribution is 0.0777. The van der Waals surface area contributed by atoms with Gasteiger partial charge in [0.1, 0.15) is 5.75 Å². The summed E-state index contributed by atoms with van der Waals surface area (Å²) >= 11 is 0. The van der Waals surface area contributed by atoms with Crippen LogP contribution in [0.2, 0.25) is 0 Å². The molecule has 5 nitrogen and oxygen atoms in total. The number of carbonyl (C=O) groups excluding carboxylic acids is 1. The highest BCUT2D eigenvalue weighted by Crippen LogP contribution is 2.26. The van der Waals surface area contributed by atoms with Crippen LogP contribution in [-0.2, 0) is 0 Å². The third-order valence-corrected chi connectivity index (χ3v) is 4.56. The molecule has 1 atom stereocenters. The third kappa shape index (κ3) is 2.83. The van der Waals surface area contributed by atoms with Crippen LogP contribution in [0.15, 0.2) is 18.2 Å². The highest BCUT2D eigenvalue weighted by molar-refractivity contribution is 5.97. The monoisotopic (exact) mass is 289 g/mol. The Hall–Kier alpha value is -1.75. The van der Waals surface area contributed by atoms with Crippen molar-refractivity contribution < 1.29 is 9.53 Å². The van der Waals surface area contributed by atoms with Gasteiger partial charge in [0.2, 0.25) is 0 Å². The molecule has 2 heterocycles. The average molecular weight is 289 g/mol. The molecule has 3 rings (SSSR count). The summed E-state index contributed by atoms with van der Waals surface area (Å²) in [7, 11) is 1.57. The summed E-state index contributed by atoms with van der Waals surface area (Å²) in [5.41, 5.74) is 6.97. The number of hydrogen-bond acceptors (Lipinski definition) is 4. The van der Waals surface area contributed by atoms with Gasteiger partial charge in [0, 0.05) is 30.9 Å². The third-order valence-electron chi connectivity index (χ3n) is 4.56. The van der Waals surface area contributed by atoms with Gasteiger partial charge in [0.15, 0.2) is 0 Å². The van der Waals surface area contributed by atoms with E-state index in [1.165, 1.54) is 25.9 Å². The van der Waals surface area contributed by atoms with Crippen molar-refractivity contribution in [1.29, 1.82) is 0 Å². The van der Waals surface area contributed by atoms with Crippen molar-refractivity contribution in [3.8, 4) is 5.75 Å². The zero-order valence-electron chi connectivity index (χ0n) is 12.5. The van der Waals surface area contributed by atoms with Crippen LogP contribution < -0.4 is 10.5 Å². The van der Waals surface area contributed by atoms with Gasteiger partial charge in [-0.25, -0.2) is 0 Å². The Morgan fingerprint density at radius 3 is 2.76 bits per heavy atom. The molecule has 114 valence electrons. The smallest absolute Gasteiger partial charge is 0.257 e. The molecule has 0 aliphatic carbocycles.